The van der Waals surface area contributed by atoms with Gasteiger partial charge in [0.25, 0.3) is 5.91 Å². The first-order valence-corrected chi connectivity index (χ1v) is 8.88. The number of rotatable bonds is 5. The van der Waals surface area contributed by atoms with E-state index < -0.39 is 11.4 Å². The Hall–Kier alpha value is -1.82. The van der Waals surface area contributed by atoms with E-state index in [0.29, 0.717) is 31.6 Å². The lowest BCUT2D eigenvalue weighted by molar-refractivity contribution is -0.152. The molecule has 1 aromatic heterocycles. The van der Waals surface area contributed by atoms with Crippen LogP contribution < -0.4 is 0 Å². The summed E-state index contributed by atoms with van der Waals surface area (Å²) in [5.74, 6) is 0.122. The van der Waals surface area contributed by atoms with Gasteiger partial charge in [-0.05, 0) is 57.3 Å². The standard InChI is InChI=1S/C18H26N2O4/c1-2-18(17(22)23)8-5-11-20(13-18)16(21)15-7-6-14(24-15)12-19-9-3-4-10-19/h6-7H,2-5,8-13H2,1H3,(H,22,23). The van der Waals surface area contributed by atoms with Crippen LogP contribution in [0, 0.1) is 5.41 Å². The molecule has 1 N–H and O–H groups in total. The molecule has 0 spiro atoms. The number of hydrogen-bond donors (Lipinski definition) is 1. The summed E-state index contributed by atoms with van der Waals surface area (Å²) in [4.78, 5) is 28.3. The SMILES string of the molecule is CCC1(C(=O)O)CCCN(C(=O)c2ccc(CN3CCCC3)o2)C1. The summed E-state index contributed by atoms with van der Waals surface area (Å²) in [6, 6.07) is 3.58. The highest BCUT2D eigenvalue weighted by Gasteiger charge is 2.42. The Kier molecular flexibility index (Phi) is 4.94. The fraction of sp³-hybridized carbons (Fsp3) is 0.667. The number of carbonyl (C=O) groups is 2. The van der Waals surface area contributed by atoms with Crippen molar-refractivity contribution in [1.29, 1.82) is 0 Å². The van der Waals surface area contributed by atoms with E-state index in [1.807, 2.05) is 13.0 Å². The molecule has 0 saturated carbocycles. The number of nitrogens with zero attached hydrogens (tertiary/aromatic N) is 2. The summed E-state index contributed by atoms with van der Waals surface area (Å²) in [7, 11) is 0. The van der Waals surface area contributed by atoms with Crippen molar-refractivity contribution in [2.24, 2.45) is 5.41 Å². The second-order valence-electron chi connectivity index (χ2n) is 7.02. The van der Waals surface area contributed by atoms with E-state index in [2.05, 4.69) is 4.90 Å². The molecule has 1 aromatic rings. The Morgan fingerprint density at radius 2 is 1.96 bits per heavy atom. The van der Waals surface area contributed by atoms with E-state index in [9.17, 15) is 14.7 Å². The van der Waals surface area contributed by atoms with Crippen molar-refractivity contribution in [3.05, 3.63) is 23.7 Å². The third kappa shape index (κ3) is 3.34. The van der Waals surface area contributed by atoms with Crippen LogP contribution >= 0.6 is 0 Å². The molecule has 3 heterocycles. The Morgan fingerprint density at radius 3 is 2.62 bits per heavy atom. The first-order chi connectivity index (χ1) is 11.5. The summed E-state index contributed by atoms with van der Waals surface area (Å²) < 4.78 is 5.74. The van der Waals surface area contributed by atoms with Gasteiger partial charge in [-0.1, -0.05) is 6.92 Å². The molecule has 1 amide bonds. The van der Waals surface area contributed by atoms with Gasteiger partial charge in [0.1, 0.15) is 5.76 Å². The zero-order chi connectivity index (χ0) is 17.2. The van der Waals surface area contributed by atoms with Crippen molar-refractivity contribution < 1.29 is 19.1 Å². The summed E-state index contributed by atoms with van der Waals surface area (Å²) >= 11 is 0. The molecule has 6 nitrogen and oxygen atoms in total. The van der Waals surface area contributed by atoms with Gasteiger partial charge in [0.2, 0.25) is 0 Å². The van der Waals surface area contributed by atoms with Gasteiger partial charge in [-0.2, -0.15) is 0 Å². The fourth-order valence-electron chi connectivity index (χ4n) is 3.81. The number of amides is 1. The lowest BCUT2D eigenvalue weighted by Crippen LogP contribution is -2.49. The molecule has 0 aromatic carbocycles. The molecule has 2 aliphatic rings. The predicted octanol–water partition coefficient (Wildman–Crippen LogP) is 2.59. The van der Waals surface area contributed by atoms with Gasteiger partial charge in [-0.25, -0.2) is 0 Å². The Morgan fingerprint density at radius 1 is 1.21 bits per heavy atom. The average Bonchev–Trinajstić information content (AvgIpc) is 3.26. The predicted molar refractivity (Wildman–Crippen MR) is 88.7 cm³/mol. The van der Waals surface area contributed by atoms with Gasteiger partial charge >= 0.3 is 5.97 Å². The molecular formula is C18H26N2O4. The monoisotopic (exact) mass is 334 g/mol. The van der Waals surface area contributed by atoms with Crippen LogP contribution in [0.4, 0.5) is 0 Å². The topological polar surface area (TPSA) is 74.0 Å². The molecule has 3 rings (SSSR count). The molecule has 2 aliphatic heterocycles. The Balaban J connectivity index is 1.67. The summed E-state index contributed by atoms with van der Waals surface area (Å²) in [5, 5.41) is 9.56. The van der Waals surface area contributed by atoms with Crippen molar-refractivity contribution in [3.63, 3.8) is 0 Å². The first kappa shape index (κ1) is 17.0. The maximum atomic E-state index is 12.7. The molecule has 24 heavy (non-hydrogen) atoms. The van der Waals surface area contributed by atoms with Crippen LogP contribution in [0.15, 0.2) is 16.5 Å². The summed E-state index contributed by atoms with van der Waals surface area (Å²) in [5.41, 5.74) is -0.821. The van der Waals surface area contributed by atoms with Gasteiger partial charge in [0.05, 0.1) is 12.0 Å². The van der Waals surface area contributed by atoms with E-state index in [-0.39, 0.29) is 12.5 Å². The van der Waals surface area contributed by atoms with Crippen molar-refractivity contribution in [3.8, 4) is 0 Å². The van der Waals surface area contributed by atoms with Gasteiger partial charge in [0, 0.05) is 13.1 Å². The van der Waals surface area contributed by atoms with E-state index in [1.165, 1.54) is 12.8 Å². The van der Waals surface area contributed by atoms with Crippen LogP contribution in [0.1, 0.15) is 55.3 Å². The number of aliphatic carboxylic acids is 1. The van der Waals surface area contributed by atoms with Crippen molar-refractivity contribution in [2.45, 2.75) is 45.6 Å². The lowest BCUT2D eigenvalue weighted by Gasteiger charge is -2.39. The maximum absolute atomic E-state index is 12.7. The number of furan rings is 1. The van der Waals surface area contributed by atoms with Crippen LogP contribution in [0.25, 0.3) is 0 Å². The molecule has 0 radical (unpaired) electrons. The van der Waals surface area contributed by atoms with Crippen molar-refractivity contribution in [1.82, 2.24) is 9.80 Å². The maximum Gasteiger partial charge on any atom is 0.311 e. The Labute approximate surface area is 142 Å². The third-order valence-electron chi connectivity index (χ3n) is 5.45. The van der Waals surface area contributed by atoms with Crippen molar-refractivity contribution >= 4 is 11.9 Å². The molecule has 0 aliphatic carbocycles. The van der Waals surface area contributed by atoms with Crippen LogP contribution in [0.3, 0.4) is 0 Å². The van der Waals surface area contributed by atoms with Crippen LogP contribution in [-0.2, 0) is 11.3 Å². The van der Waals surface area contributed by atoms with Crippen LogP contribution in [0.2, 0.25) is 0 Å². The summed E-state index contributed by atoms with van der Waals surface area (Å²) in [6.45, 7) is 5.63. The molecule has 6 heteroatoms. The second kappa shape index (κ2) is 6.97. The van der Waals surface area contributed by atoms with Gasteiger partial charge in [0.15, 0.2) is 5.76 Å². The van der Waals surface area contributed by atoms with Crippen LogP contribution in [-0.4, -0.2) is 53.0 Å². The average molecular weight is 334 g/mol. The van der Waals surface area contributed by atoms with Crippen molar-refractivity contribution in [2.75, 3.05) is 26.2 Å². The summed E-state index contributed by atoms with van der Waals surface area (Å²) in [6.07, 6.45) is 4.31. The number of carboxylic acids is 1. The van der Waals surface area contributed by atoms with Gasteiger partial charge < -0.3 is 14.4 Å². The molecule has 1 unspecified atom stereocenters. The van der Waals surface area contributed by atoms with Crippen LogP contribution in [0.5, 0.6) is 0 Å². The first-order valence-electron chi connectivity index (χ1n) is 8.88. The van der Waals surface area contributed by atoms with Gasteiger partial charge in [-0.3, -0.25) is 14.5 Å². The Bertz CT molecular complexity index is 606. The molecule has 132 valence electrons. The molecular weight excluding hydrogens is 308 g/mol. The minimum absolute atomic E-state index is 0.193. The largest absolute Gasteiger partial charge is 0.481 e. The fourth-order valence-corrected chi connectivity index (χ4v) is 3.81. The number of hydrogen-bond acceptors (Lipinski definition) is 4. The van der Waals surface area contributed by atoms with E-state index in [0.717, 1.165) is 25.4 Å². The van der Waals surface area contributed by atoms with E-state index >= 15 is 0 Å². The van der Waals surface area contributed by atoms with E-state index in [4.69, 9.17) is 4.42 Å². The number of carbonyl (C=O) groups excluding carboxylic acids is 1. The molecule has 2 saturated heterocycles. The molecule has 0 bridgehead atoms. The zero-order valence-electron chi connectivity index (χ0n) is 14.3. The molecule has 1 atom stereocenters. The van der Waals surface area contributed by atoms with E-state index in [1.54, 1.807) is 11.0 Å². The minimum Gasteiger partial charge on any atom is -0.481 e. The smallest absolute Gasteiger partial charge is 0.311 e. The van der Waals surface area contributed by atoms with Gasteiger partial charge in [-0.15, -0.1) is 0 Å². The number of piperidine rings is 1. The lowest BCUT2D eigenvalue weighted by atomic mass is 9.77. The molecule has 2 fully saturated rings. The number of likely N-dealkylation sites (tertiary alicyclic amines) is 2. The zero-order valence-corrected chi connectivity index (χ0v) is 14.3. The third-order valence-corrected chi connectivity index (χ3v) is 5.45. The highest BCUT2D eigenvalue weighted by atomic mass is 16.4. The quantitative estimate of drug-likeness (QED) is 0.896. The normalized spacial score (nSPS) is 25.1. The number of carboxylic acid groups (broad SMARTS) is 1. The highest BCUT2D eigenvalue weighted by Crippen LogP contribution is 2.34. The minimum atomic E-state index is -0.821. The highest BCUT2D eigenvalue weighted by molar-refractivity contribution is 5.92. The second-order valence-corrected chi connectivity index (χ2v) is 7.02.